The molecule has 0 unspecified atom stereocenters. The van der Waals surface area contributed by atoms with Crippen LogP contribution in [0.4, 0.5) is 0 Å². The first kappa shape index (κ1) is 18.3. The van der Waals surface area contributed by atoms with Gasteiger partial charge in [0.25, 0.3) is 5.91 Å². The zero-order valence-corrected chi connectivity index (χ0v) is 16.2. The minimum atomic E-state index is -0.120. The molecule has 26 heavy (non-hydrogen) atoms. The number of rotatable bonds is 6. The molecule has 0 spiro atoms. The Labute approximate surface area is 160 Å². The van der Waals surface area contributed by atoms with Gasteiger partial charge in [0.1, 0.15) is 5.01 Å². The van der Waals surface area contributed by atoms with E-state index in [1.165, 1.54) is 0 Å². The highest BCUT2D eigenvalue weighted by molar-refractivity contribution is 7.14. The lowest BCUT2D eigenvalue weighted by atomic mass is 10.1. The Morgan fingerprint density at radius 3 is 2.58 bits per heavy atom. The number of likely N-dealkylation sites (N-methyl/N-ethyl adjacent to an activating group) is 1. The molecule has 1 aromatic carbocycles. The highest BCUT2D eigenvalue weighted by Crippen LogP contribution is 2.26. The molecule has 0 saturated heterocycles. The van der Waals surface area contributed by atoms with Gasteiger partial charge in [0.2, 0.25) is 5.91 Å². The van der Waals surface area contributed by atoms with Gasteiger partial charge in [-0.05, 0) is 29.1 Å². The third-order valence-electron chi connectivity index (χ3n) is 3.94. The van der Waals surface area contributed by atoms with E-state index in [0.717, 1.165) is 21.8 Å². The molecule has 0 aliphatic rings. The Kier molecular flexibility index (Phi) is 5.80. The molecule has 0 radical (unpaired) electrons. The topological polar surface area (TPSA) is 62.3 Å². The zero-order valence-electron chi connectivity index (χ0n) is 14.6. The Morgan fingerprint density at radius 1 is 1.15 bits per heavy atom. The molecule has 0 bridgehead atoms. The first-order chi connectivity index (χ1) is 12.6. The van der Waals surface area contributed by atoms with Crippen LogP contribution in [0.25, 0.3) is 10.6 Å². The van der Waals surface area contributed by atoms with Gasteiger partial charge in [-0.3, -0.25) is 9.59 Å². The number of amides is 2. The van der Waals surface area contributed by atoms with Gasteiger partial charge in [0, 0.05) is 42.5 Å². The normalized spacial score (nSPS) is 10.5. The summed E-state index contributed by atoms with van der Waals surface area (Å²) >= 11 is 3.19. The summed E-state index contributed by atoms with van der Waals surface area (Å²) in [7, 11) is 3.38. The quantitative estimate of drug-likeness (QED) is 0.707. The molecule has 3 rings (SSSR count). The number of hydrogen-bond donors (Lipinski definition) is 1. The van der Waals surface area contributed by atoms with E-state index in [9.17, 15) is 9.59 Å². The van der Waals surface area contributed by atoms with E-state index in [1.807, 2.05) is 29.0 Å². The zero-order chi connectivity index (χ0) is 18.5. The van der Waals surface area contributed by atoms with Crippen LogP contribution >= 0.6 is 22.7 Å². The minimum absolute atomic E-state index is 0.0162. The van der Waals surface area contributed by atoms with E-state index in [2.05, 4.69) is 15.7 Å². The first-order valence-corrected chi connectivity index (χ1v) is 9.91. The average Bonchev–Trinajstić information content (AvgIpc) is 3.33. The van der Waals surface area contributed by atoms with E-state index in [-0.39, 0.29) is 18.2 Å². The molecule has 3 aromatic rings. The highest BCUT2D eigenvalue weighted by atomic mass is 32.1. The van der Waals surface area contributed by atoms with Gasteiger partial charge in [0.15, 0.2) is 0 Å². The molecular weight excluding hydrogens is 366 g/mol. The molecule has 134 valence electrons. The number of carbonyl (C=O) groups is 2. The molecule has 2 aromatic heterocycles. The summed E-state index contributed by atoms with van der Waals surface area (Å²) in [6.07, 6.45) is 0.285. The SMILES string of the molecule is CNC(=O)c1ccc(CN(C)C(=O)Cc2csc(-c3ccsc3)n2)cc1. The van der Waals surface area contributed by atoms with Crippen LogP contribution in [0.2, 0.25) is 0 Å². The molecule has 0 saturated carbocycles. The summed E-state index contributed by atoms with van der Waals surface area (Å²) in [5, 5.41) is 9.55. The van der Waals surface area contributed by atoms with E-state index in [0.29, 0.717) is 12.1 Å². The third kappa shape index (κ3) is 4.36. The fourth-order valence-corrected chi connectivity index (χ4v) is 4.00. The summed E-state index contributed by atoms with van der Waals surface area (Å²) in [6, 6.07) is 9.29. The number of hydrogen-bond acceptors (Lipinski definition) is 5. The maximum atomic E-state index is 12.5. The van der Waals surface area contributed by atoms with Crippen molar-refractivity contribution in [3.8, 4) is 10.6 Å². The van der Waals surface area contributed by atoms with Crippen LogP contribution < -0.4 is 5.32 Å². The van der Waals surface area contributed by atoms with Gasteiger partial charge < -0.3 is 10.2 Å². The lowest BCUT2D eigenvalue weighted by Crippen LogP contribution is -2.27. The molecule has 0 aliphatic carbocycles. The number of nitrogens with one attached hydrogen (secondary N) is 1. The molecule has 7 heteroatoms. The lowest BCUT2D eigenvalue weighted by molar-refractivity contribution is -0.129. The van der Waals surface area contributed by atoms with Crippen molar-refractivity contribution < 1.29 is 9.59 Å². The van der Waals surface area contributed by atoms with E-state index < -0.39 is 0 Å². The largest absolute Gasteiger partial charge is 0.355 e. The van der Waals surface area contributed by atoms with E-state index in [4.69, 9.17) is 0 Å². The van der Waals surface area contributed by atoms with Crippen molar-refractivity contribution >= 4 is 34.5 Å². The van der Waals surface area contributed by atoms with Crippen LogP contribution in [0.1, 0.15) is 21.6 Å². The third-order valence-corrected chi connectivity index (χ3v) is 5.56. The van der Waals surface area contributed by atoms with Crippen molar-refractivity contribution in [1.82, 2.24) is 15.2 Å². The van der Waals surface area contributed by atoms with Crippen molar-refractivity contribution in [2.75, 3.05) is 14.1 Å². The van der Waals surface area contributed by atoms with Crippen molar-refractivity contribution in [3.63, 3.8) is 0 Å². The fraction of sp³-hybridized carbons (Fsp3) is 0.211. The smallest absolute Gasteiger partial charge is 0.251 e. The van der Waals surface area contributed by atoms with Gasteiger partial charge in [0.05, 0.1) is 12.1 Å². The Balaban J connectivity index is 1.58. The summed E-state index contributed by atoms with van der Waals surface area (Å²) in [5.41, 5.74) is 3.48. The van der Waals surface area contributed by atoms with Crippen LogP contribution in [0.5, 0.6) is 0 Å². The van der Waals surface area contributed by atoms with Gasteiger partial charge in [-0.25, -0.2) is 4.98 Å². The van der Waals surface area contributed by atoms with Crippen molar-refractivity contribution in [2.24, 2.45) is 0 Å². The van der Waals surface area contributed by atoms with Gasteiger partial charge in [-0.15, -0.1) is 11.3 Å². The van der Waals surface area contributed by atoms with Crippen molar-refractivity contribution in [2.45, 2.75) is 13.0 Å². The molecule has 2 heterocycles. The molecular formula is C19H19N3O2S2. The average molecular weight is 386 g/mol. The van der Waals surface area contributed by atoms with Crippen LogP contribution in [0, 0.1) is 0 Å². The molecule has 1 N–H and O–H groups in total. The summed E-state index contributed by atoms with van der Waals surface area (Å²) in [5.74, 6) is -0.103. The monoisotopic (exact) mass is 385 g/mol. The number of benzene rings is 1. The number of thiophene rings is 1. The van der Waals surface area contributed by atoms with Crippen molar-refractivity contribution in [3.05, 3.63) is 63.3 Å². The molecule has 2 amide bonds. The maximum Gasteiger partial charge on any atom is 0.251 e. The standard InChI is InChI=1S/C19H19N3O2S2/c1-20-18(24)14-5-3-13(4-6-14)10-22(2)17(23)9-16-12-26-19(21-16)15-7-8-25-11-15/h3-8,11-12H,9-10H2,1-2H3,(H,20,24). The van der Waals surface area contributed by atoms with Gasteiger partial charge in [-0.2, -0.15) is 11.3 Å². The number of thiazole rings is 1. The Hall–Kier alpha value is -2.51. The predicted octanol–water partition coefficient (Wildman–Crippen LogP) is 3.43. The number of nitrogens with zero attached hydrogens (tertiary/aromatic N) is 2. The van der Waals surface area contributed by atoms with E-state index in [1.54, 1.807) is 53.8 Å². The number of aromatic nitrogens is 1. The maximum absolute atomic E-state index is 12.5. The van der Waals surface area contributed by atoms with Crippen LogP contribution in [0.3, 0.4) is 0 Å². The molecule has 5 nitrogen and oxygen atoms in total. The minimum Gasteiger partial charge on any atom is -0.355 e. The van der Waals surface area contributed by atoms with Crippen molar-refractivity contribution in [1.29, 1.82) is 0 Å². The number of carbonyl (C=O) groups excluding carboxylic acids is 2. The lowest BCUT2D eigenvalue weighted by Gasteiger charge is -2.17. The Bertz CT molecular complexity index is 886. The van der Waals surface area contributed by atoms with E-state index >= 15 is 0 Å². The molecule has 0 fully saturated rings. The second-order valence-corrected chi connectivity index (χ2v) is 7.50. The molecule has 0 atom stereocenters. The summed E-state index contributed by atoms with van der Waals surface area (Å²) < 4.78 is 0. The second kappa shape index (κ2) is 8.25. The highest BCUT2D eigenvalue weighted by Gasteiger charge is 2.14. The van der Waals surface area contributed by atoms with Gasteiger partial charge in [-0.1, -0.05) is 12.1 Å². The molecule has 0 aliphatic heterocycles. The predicted molar refractivity (Wildman–Crippen MR) is 105 cm³/mol. The second-order valence-electron chi connectivity index (χ2n) is 5.86. The summed E-state index contributed by atoms with van der Waals surface area (Å²) in [6.45, 7) is 0.494. The summed E-state index contributed by atoms with van der Waals surface area (Å²) in [4.78, 5) is 30.3. The first-order valence-electron chi connectivity index (χ1n) is 8.09. The van der Waals surface area contributed by atoms with Crippen LogP contribution in [-0.2, 0) is 17.8 Å². The van der Waals surface area contributed by atoms with Gasteiger partial charge >= 0.3 is 0 Å². The van der Waals surface area contributed by atoms with Crippen LogP contribution in [0.15, 0.2) is 46.5 Å². The van der Waals surface area contributed by atoms with Crippen LogP contribution in [-0.4, -0.2) is 35.8 Å². The Morgan fingerprint density at radius 2 is 1.92 bits per heavy atom. The fourth-order valence-electron chi connectivity index (χ4n) is 2.46.